The fourth-order valence-corrected chi connectivity index (χ4v) is 3.54. The van der Waals surface area contributed by atoms with Gasteiger partial charge in [-0.15, -0.1) is 0 Å². The number of likely N-dealkylation sites (tertiary alicyclic amines) is 1. The minimum atomic E-state index is -0.349. The van der Waals surface area contributed by atoms with Gasteiger partial charge in [0.1, 0.15) is 24.0 Å². The molecule has 5 heteroatoms. The number of pyridine rings is 1. The number of nitrogens with zero attached hydrogens (tertiary/aromatic N) is 2. The van der Waals surface area contributed by atoms with Crippen molar-refractivity contribution < 1.29 is 4.74 Å². The van der Waals surface area contributed by atoms with Gasteiger partial charge in [-0.05, 0) is 56.0 Å². The van der Waals surface area contributed by atoms with Crippen LogP contribution in [-0.2, 0) is 0 Å². The molecule has 1 aliphatic rings. The number of nitriles is 1. The van der Waals surface area contributed by atoms with Crippen LogP contribution in [0.5, 0.6) is 5.75 Å². The third-order valence-corrected chi connectivity index (χ3v) is 4.86. The topological polar surface area (TPSA) is 69.1 Å². The molecule has 2 aromatic rings. The van der Waals surface area contributed by atoms with E-state index in [1.54, 1.807) is 0 Å². The number of rotatable bonds is 5. The first kappa shape index (κ1) is 18.2. The van der Waals surface area contributed by atoms with Crippen molar-refractivity contribution in [3.63, 3.8) is 0 Å². The van der Waals surface area contributed by atoms with Crippen LogP contribution in [0.2, 0.25) is 0 Å². The summed E-state index contributed by atoms with van der Waals surface area (Å²) < 4.78 is 5.86. The Bertz CT molecular complexity index is 849. The molecule has 1 unspecified atom stereocenters. The third kappa shape index (κ3) is 4.33. The van der Waals surface area contributed by atoms with E-state index in [1.165, 1.54) is 12.8 Å². The van der Waals surface area contributed by atoms with Crippen LogP contribution in [0.4, 0.5) is 0 Å². The van der Waals surface area contributed by atoms with Gasteiger partial charge in [0.05, 0.1) is 0 Å². The normalized spacial score (nSPS) is 17.7. The molecule has 0 amide bonds. The average Bonchev–Trinajstić information content (AvgIpc) is 2.62. The Morgan fingerprint density at radius 3 is 2.81 bits per heavy atom. The van der Waals surface area contributed by atoms with Crippen LogP contribution in [-0.4, -0.2) is 36.1 Å². The summed E-state index contributed by atoms with van der Waals surface area (Å²) in [5.41, 5.74) is 2.03. The van der Waals surface area contributed by atoms with Crippen molar-refractivity contribution in [2.45, 2.75) is 26.7 Å². The summed E-state index contributed by atoms with van der Waals surface area (Å²) in [6, 6.07) is 11.4. The SMILES string of the molecule is Cc1cc(-c2ccc(OCCN3CCCC(C)C3)cc2)c(C#N)c(=O)[nH]1. The van der Waals surface area contributed by atoms with Gasteiger partial charge in [-0.2, -0.15) is 5.26 Å². The Balaban J connectivity index is 1.64. The number of ether oxygens (including phenoxy) is 1. The summed E-state index contributed by atoms with van der Waals surface area (Å²) in [4.78, 5) is 17.1. The van der Waals surface area contributed by atoms with E-state index in [2.05, 4.69) is 16.8 Å². The zero-order valence-corrected chi connectivity index (χ0v) is 15.4. The van der Waals surface area contributed by atoms with Crippen LogP contribution in [0, 0.1) is 24.2 Å². The van der Waals surface area contributed by atoms with E-state index in [0.29, 0.717) is 12.2 Å². The van der Waals surface area contributed by atoms with Crippen molar-refractivity contribution in [1.29, 1.82) is 5.26 Å². The Morgan fingerprint density at radius 2 is 2.12 bits per heavy atom. The lowest BCUT2D eigenvalue weighted by Gasteiger charge is -2.30. The second-order valence-corrected chi connectivity index (χ2v) is 7.10. The van der Waals surface area contributed by atoms with Crippen molar-refractivity contribution >= 4 is 0 Å². The molecule has 1 aliphatic heterocycles. The maximum atomic E-state index is 11.9. The molecule has 1 N–H and O–H groups in total. The van der Waals surface area contributed by atoms with Gasteiger partial charge in [-0.1, -0.05) is 19.1 Å². The van der Waals surface area contributed by atoms with Crippen LogP contribution in [0.15, 0.2) is 35.1 Å². The number of hydrogen-bond donors (Lipinski definition) is 1. The number of H-pyrrole nitrogens is 1. The van der Waals surface area contributed by atoms with E-state index in [9.17, 15) is 10.1 Å². The highest BCUT2D eigenvalue weighted by Gasteiger charge is 2.15. The minimum absolute atomic E-state index is 0.142. The number of aromatic amines is 1. The van der Waals surface area contributed by atoms with Crippen LogP contribution in [0.25, 0.3) is 11.1 Å². The zero-order valence-electron chi connectivity index (χ0n) is 15.4. The summed E-state index contributed by atoms with van der Waals surface area (Å²) in [6.07, 6.45) is 2.60. The summed E-state index contributed by atoms with van der Waals surface area (Å²) >= 11 is 0. The number of aromatic nitrogens is 1. The van der Waals surface area contributed by atoms with Crippen LogP contribution >= 0.6 is 0 Å². The van der Waals surface area contributed by atoms with Crippen LogP contribution in [0.3, 0.4) is 0 Å². The second-order valence-electron chi connectivity index (χ2n) is 7.10. The third-order valence-electron chi connectivity index (χ3n) is 4.86. The van der Waals surface area contributed by atoms with Crippen molar-refractivity contribution in [3.8, 4) is 22.9 Å². The van der Waals surface area contributed by atoms with Crippen molar-refractivity contribution in [1.82, 2.24) is 9.88 Å². The molecule has 2 heterocycles. The van der Waals surface area contributed by atoms with Gasteiger partial charge >= 0.3 is 0 Å². The number of aryl methyl sites for hydroxylation is 1. The molecule has 26 heavy (non-hydrogen) atoms. The monoisotopic (exact) mass is 351 g/mol. The van der Waals surface area contributed by atoms with E-state index in [1.807, 2.05) is 43.3 Å². The predicted molar refractivity (Wildman–Crippen MR) is 102 cm³/mol. The molecule has 0 saturated carbocycles. The summed E-state index contributed by atoms with van der Waals surface area (Å²) in [5.74, 6) is 1.58. The quantitative estimate of drug-likeness (QED) is 0.897. The molecular formula is C21H25N3O2. The summed E-state index contributed by atoms with van der Waals surface area (Å²) in [7, 11) is 0. The lowest BCUT2D eigenvalue weighted by atomic mass is 10.0. The lowest BCUT2D eigenvalue weighted by molar-refractivity contribution is 0.153. The molecule has 0 spiro atoms. The molecule has 0 bridgehead atoms. The first-order chi connectivity index (χ1) is 12.6. The average molecular weight is 351 g/mol. The molecule has 136 valence electrons. The molecule has 0 radical (unpaired) electrons. The van der Waals surface area contributed by atoms with Gasteiger partial charge < -0.3 is 9.72 Å². The second kappa shape index (κ2) is 8.20. The fourth-order valence-electron chi connectivity index (χ4n) is 3.54. The molecule has 1 fully saturated rings. The molecule has 1 aromatic heterocycles. The van der Waals surface area contributed by atoms with E-state index in [0.717, 1.165) is 42.6 Å². The molecule has 0 aliphatic carbocycles. The predicted octanol–water partition coefficient (Wildman–Crippen LogP) is 3.33. The molecule has 5 nitrogen and oxygen atoms in total. The number of nitrogens with one attached hydrogen (secondary N) is 1. The first-order valence-electron chi connectivity index (χ1n) is 9.16. The summed E-state index contributed by atoms with van der Waals surface area (Å²) in [6.45, 7) is 8.03. The van der Waals surface area contributed by atoms with Gasteiger partial charge in [-0.3, -0.25) is 9.69 Å². The number of hydrogen-bond acceptors (Lipinski definition) is 4. The fraction of sp³-hybridized carbons (Fsp3) is 0.429. The van der Waals surface area contributed by atoms with Crippen molar-refractivity contribution in [2.24, 2.45) is 5.92 Å². The minimum Gasteiger partial charge on any atom is -0.492 e. The molecule has 1 aromatic carbocycles. The number of benzene rings is 1. The Morgan fingerprint density at radius 1 is 1.35 bits per heavy atom. The van der Waals surface area contributed by atoms with E-state index in [4.69, 9.17) is 4.74 Å². The first-order valence-corrected chi connectivity index (χ1v) is 9.16. The van der Waals surface area contributed by atoms with E-state index >= 15 is 0 Å². The molecule has 1 saturated heterocycles. The Labute approximate surface area is 154 Å². The van der Waals surface area contributed by atoms with Gasteiger partial charge in [-0.25, -0.2) is 0 Å². The highest BCUT2D eigenvalue weighted by Crippen LogP contribution is 2.24. The molecule has 1 atom stereocenters. The standard InChI is InChI=1S/C21H25N3O2/c1-15-4-3-9-24(14-15)10-11-26-18-7-5-17(6-8-18)19-12-16(2)23-21(25)20(19)13-22/h5-8,12,15H,3-4,9-11,14H2,1-2H3,(H,23,25). The maximum absolute atomic E-state index is 11.9. The van der Waals surface area contributed by atoms with Crippen LogP contribution < -0.4 is 10.3 Å². The molecule has 3 rings (SSSR count). The Hall–Kier alpha value is -2.58. The molecular weight excluding hydrogens is 326 g/mol. The largest absolute Gasteiger partial charge is 0.492 e. The highest BCUT2D eigenvalue weighted by atomic mass is 16.5. The smallest absolute Gasteiger partial charge is 0.266 e. The van der Waals surface area contributed by atoms with Gasteiger partial charge in [0.2, 0.25) is 0 Å². The maximum Gasteiger partial charge on any atom is 0.266 e. The van der Waals surface area contributed by atoms with Crippen molar-refractivity contribution in [3.05, 3.63) is 51.9 Å². The van der Waals surface area contributed by atoms with Crippen LogP contribution in [0.1, 0.15) is 31.0 Å². The van der Waals surface area contributed by atoms with Gasteiger partial charge in [0, 0.05) is 24.3 Å². The number of piperidine rings is 1. The van der Waals surface area contributed by atoms with Crippen molar-refractivity contribution in [2.75, 3.05) is 26.2 Å². The lowest BCUT2D eigenvalue weighted by Crippen LogP contribution is -2.37. The summed E-state index contributed by atoms with van der Waals surface area (Å²) in [5, 5.41) is 9.27. The van der Waals surface area contributed by atoms with Gasteiger partial charge in [0.25, 0.3) is 5.56 Å². The zero-order chi connectivity index (χ0) is 18.5. The van der Waals surface area contributed by atoms with Gasteiger partial charge in [0.15, 0.2) is 0 Å². The highest BCUT2D eigenvalue weighted by molar-refractivity contribution is 5.70. The van der Waals surface area contributed by atoms with E-state index in [-0.39, 0.29) is 11.1 Å². The van der Waals surface area contributed by atoms with E-state index < -0.39 is 0 Å². The Kier molecular flexibility index (Phi) is 5.75.